The van der Waals surface area contributed by atoms with E-state index in [1.165, 1.54) is 6.20 Å². The van der Waals surface area contributed by atoms with Crippen molar-refractivity contribution in [3.8, 4) is 17.4 Å². The first-order chi connectivity index (χ1) is 11.8. The van der Waals surface area contributed by atoms with Crippen LogP contribution in [0.2, 0.25) is 10.0 Å². The van der Waals surface area contributed by atoms with Gasteiger partial charge in [0.05, 0.1) is 13.6 Å². The molecule has 1 aromatic heterocycles. The maximum atomic E-state index is 11.2. The van der Waals surface area contributed by atoms with Crippen LogP contribution >= 0.6 is 45.8 Å². The Morgan fingerprint density at radius 1 is 1.28 bits per heavy atom. The summed E-state index contributed by atoms with van der Waals surface area (Å²) >= 11 is 14.0. The Morgan fingerprint density at radius 2 is 2.00 bits per heavy atom. The summed E-state index contributed by atoms with van der Waals surface area (Å²) in [6.45, 7) is 3.45. The molecule has 2 rings (SSSR count). The quantitative estimate of drug-likeness (QED) is 0.324. The lowest BCUT2D eigenvalue weighted by atomic mass is 10.3. The zero-order chi connectivity index (χ0) is 18.4. The minimum absolute atomic E-state index is 0.109. The van der Waals surface area contributed by atoms with Gasteiger partial charge in [0.15, 0.2) is 0 Å². The second kappa shape index (κ2) is 9.04. The Balaban J connectivity index is 1.99. The fourth-order valence-corrected chi connectivity index (χ4v) is 3.21. The third kappa shape index (κ3) is 6.30. The summed E-state index contributed by atoms with van der Waals surface area (Å²) in [5.41, 5.74) is 0. The number of nitrogens with zero attached hydrogens (tertiary/aromatic N) is 1. The van der Waals surface area contributed by atoms with Crippen LogP contribution in [0.1, 0.15) is 0 Å². The lowest BCUT2D eigenvalue weighted by Gasteiger charge is -2.10. The number of benzene rings is 1. The second-order valence-electron chi connectivity index (χ2n) is 4.58. The molecular weight excluding hydrogens is 502 g/mol. The normalized spacial score (nSPS) is 11.2. The molecule has 1 aromatic carbocycles. The van der Waals surface area contributed by atoms with Crippen molar-refractivity contribution in [1.29, 1.82) is 0 Å². The lowest BCUT2D eigenvalue weighted by Crippen LogP contribution is -2.26. The van der Waals surface area contributed by atoms with Gasteiger partial charge in [-0.2, -0.15) is 0 Å². The molecular formula is C15H13Cl2IN2O4S. The Bertz CT molecular complexity index is 878. The maximum absolute atomic E-state index is 11.2. The van der Waals surface area contributed by atoms with Gasteiger partial charge in [0, 0.05) is 30.3 Å². The molecule has 0 aliphatic heterocycles. The van der Waals surface area contributed by atoms with Crippen molar-refractivity contribution in [2.24, 2.45) is 0 Å². The fraction of sp³-hybridized carbons (Fsp3) is 0.133. The van der Waals surface area contributed by atoms with E-state index in [9.17, 15) is 8.42 Å². The summed E-state index contributed by atoms with van der Waals surface area (Å²) < 4.78 is 36.7. The van der Waals surface area contributed by atoms with E-state index in [1.54, 1.807) is 24.3 Å². The van der Waals surface area contributed by atoms with Crippen LogP contribution in [0.5, 0.6) is 17.4 Å². The molecule has 0 aliphatic rings. The predicted octanol–water partition coefficient (Wildman–Crippen LogP) is 4.23. The van der Waals surface area contributed by atoms with E-state index in [-0.39, 0.29) is 13.2 Å². The van der Waals surface area contributed by atoms with E-state index in [2.05, 4.69) is 38.9 Å². The van der Waals surface area contributed by atoms with Crippen LogP contribution in [0, 0.1) is 3.57 Å². The smallest absolute Gasteiger partial charge is 0.233 e. The molecule has 0 saturated carbocycles. The van der Waals surface area contributed by atoms with Crippen molar-refractivity contribution in [3.05, 3.63) is 56.1 Å². The molecule has 2 aromatic rings. The monoisotopic (exact) mass is 514 g/mol. The van der Waals surface area contributed by atoms with Crippen LogP contribution in [0.4, 0.5) is 0 Å². The van der Waals surface area contributed by atoms with Gasteiger partial charge in [0.2, 0.25) is 15.9 Å². The fourth-order valence-electron chi connectivity index (χ4n) is 1.64. The first kappa shape index (κ1) is 20.2. The molecule has 0 aliphatic carbocycles. The molecule has 0 spiro atoms. The third-order valence-corrected chi connectivity index (χ3v) is 5.40. The number of sulfonamides is 1. The van der Waals surface area contributed by atoms with Crippen molar-refractivity contribution in [2.45, 2.75) is 0 Å². The number of halogens is 3. The summed E-state index contributed by atoms with van der Waals surface area (Å²) in [7, 11) is -3.46. The third-order valence-electron chi connectivity index (χ3n) is 2.79. The van der Waals surface area contributed by atoms with Gasteiger partial charge >= 0.3 is 0 Å². The zero-order valence-electron chi connectivity index (χ0n) is 12.7. The molecule has 0 amide bonds. The van der Waals surface area contributed by atoms with Crippen LogP contribution in [0.15, 0.2) is 42.4 Å². The number of pyridine rings is 1. The van der Waals surface area contributed by atoms with E-state index in [0.29, 0.717) is 27.4 Å². The van der Waals surface area contributed by atoms with Crippen molar-refractivity contribution in [1.82, 2.24) is 9.71 Å². The summed E-state index contributed by atoms with van der Waals surface area (Å²) in [5.74, 6) is 1.30. The van der Waals surface area contributed by atoms with Crippen LogP contribution in [0.25, 0.3) is 0 Å². The number of rotatable bonds is 8. The van der Waals surface area contributed by atoms with Crippen LogP contribution < -0.4 is 14.2 Å². The number of ether oxygens (including phenoxy) is 2. The van der Waals surface area contributed by atoms with Gasteiger partial charge < -0.3 is 9.47 Å². The van der Waals surface area contributed by atoms with Gasteiger partial charge in [0.1, 0.15) is 18.1 Å². The maximum Gasteiger partial charge on any atom is 0.233 e. The van der Waals surface area contributed by atoms with Gasteiger partial charge in [-0.15, -0.1) is 0 Å². The molecule has 0 atom stereocenters. The molecule has 1 heterocycles. The largest absolute Gasteiger partial charge is 0.492 e. The molecule has 134 valence electrons. The lowest BCUT2D eigenvalue weighted by molar-refractivity contribution is 0.320. The standard InChI is InChI=1S/C15H13Cl2IN2O4S/c1-2-25(21,22)20-5-6-23-10-3-4-19-15(7-10)24-14-9-12(17)11(16)8-13(14)18/h2-4,7-9,20H,1,5-6H2. The highest BCUT2D eigenvalue weighted by Crippen LogP contribution is 2.34. The molecule has 10 heteroatoms. The van der Waals surface area contributed by atoms with Gasteiger partial charge in [-0.25, -0.2) is 18.1 Å². The Hall–Kier alpha value is -1.07. The Kier molecular flexibility index (Phi) is 7.32. The molecule has 25 heavy (non-hydrogen) atoms. The number of hydrogen-bond acceptors (Lipinski definition) is 5. The zero-order valence-corrected chi connectivity index (χ0v) is 17.2. The van der Waals surface area contributed by atoms with E-state index in [0.717, 1.165) is 8.98 Å². The molecule has 0 bridgehead atoms. The van der Waals surface area contributed by atoms with Crippen LogP contribution in [-0.4, -0.2) is 26.6 Å². The van der Waals surface area contributed by atoms with Gasteiger partial charge in [0.25, 0.3) is 0 Å². The number of aromatic nitrogens is 1. The SMILES string of the molecule is C=CS(=O)(=O)NCCOc1ccnc(Oc2cc(Cl)c(Cl)cc2I)c1. The Labute approximate surface area is 169 Å². The summed E-state index contributed by atoms with van der Waals surface area (Å²) in [5, 5.41) is 1.65. The molecule has 0 radical (unpaired) electrons. The summed E-state index contributed by atoms with van der Waals surface area (Å²) in [4.78, 5) is 4.10. The molecule has 6 nitrogen and oxygen atoms in total. The van der Waals surface area contributed by atoms with Crippen molar-refractivity contribution < 1.29 is 17.9 Å². The van der Waals surface area contributed by atoms with Gasteiger partial charge in [-0.1, -0.05) is 29.8 Å². The number of hydrogen-bond donors (Lipinski definition) is 1. The average molecular weight is 515 g/mol. The van der Waals surface area contributed by atoms with Crippen molar-refractivity contribution >= 4 is 55.8 Å². The molecule has 0 unspecified atom stereocenters. The topological polar surface area (TPSA) is 77.5 Å². The van der Waals surface area contributed by atoms with E-state index in [4.69, 9.17) is 32.7 Å². The predicted molar refractivity (Wildman–Crippen MR) is 106 cm³/mol. The average Bonchev–Trinajstić information content (AvgIpc) is 2.57. The minimum Gasteiger partial charge on any atom is -0.492 e. The summed E-state index contributed by atoms with van der Waals surface area (Å²) in [6, 6.07) is 6.51. The van der Waals surface area contributed by atoms with Gasteiger partial charge in [-0.05, 0) is 34.7 Å². The first-order valence-electron chi connectivity index (χ1n) is 6.84. The Morgan fingerprint density at radius 3 is 2.72 bits per heavy atom. The van der Waals surface area contributed by atoms with E-state index < -0.39 is 10.0 Å². The highest BCUT2D eigenvalue weighted by molar-refractivity contribution is 14.1. The number of nitrogens with one attached hydrogen (secondary N) is 1. The first-order valence-corrected chi connectivity index (χ1v) is 10.2. The molecule has 1 N–H and O–H groups in total. The van der Waals surface area contributed by atoms with E-state index in [1.807, 2.05) is 0 Å². The van der Waals surface area contributed by atoms with Crippen molar-refractivity contribution in [3.63, 3.8) is 0 Å². The molecule has 0 fully saturated rings. The second-order valence-corrected chi connectivity index (χ2v) is 8.27. The molecule has 0 saturated heterocycles. The summed E-state index contributed by atoms with van der Waals surface area (Å²) in [6.07, 6.45) is 1.52. The highest BCUT2D eigenvalue weighted by Gasteiger charge is 2.09. The van der Waals surface area contributed by atoms with E-state index >= 15 is 0 Å². The van der Waals surface area contributed by atoms with Crippen LogP contribution in [0.3, 0.4) is 0 Å². The highest BCUT2D eigenvalue weighted by atomic mass is 127. The van der Waals surface area contributed by atoms with Gasteiger partial charge in [-0.3, -0.25) is 0 Å². The minimum atomic E-state index is -3.46. The van der Waals surface area contributed by atoms with Crippen LogP contribution in [-0.2, 0) is 10.0 Å². The van der Waals surface area contributed by atoms with Crippen molar-refractivity contribution in [2.75, 3.05) is 13.2 Å².